The Balaban J connectivity index is 2.36. The molecule has 0 saturated carbocycles. The van der Waals surface area contributed by atoms with E-state index in [1.54, 1.807) is 0 Å². The number of aromatic nitrogens is 1. The van der Waals surface area contributed by atoms with Gasteiger partial charge in [-0.25, -0.2) is 0 Å². The van der Waals surface area contributed by atoms with Crippen molar-refractivity contribution in [2.75, 3.05) is 0 Å². The molecule has 0 bridgehead atoms. The number of para-hydroxylation sites is 1. The molecule has 0 N–H and O–H groups in total. The number of carbonyl (C=O) groups is 1. The Bertz CT molecular complexity index is 944. The fourth-order valence-corrected chi connectivity index (χ4v) is 2.83. The molecule has 4 rings (SSSR count). The van der Waals surface area contributed by atoms with Gasteiger partial charge in [0.1, 0.15) is 11.2 Å². The number of rotatable bonds is 1. The maximum Gasteiger partial charge on any atom is 0.152 e. The van der Waals surface area contributed by atoms with E-state index in [4.69, 9.17) is 4.42 Å². The zero-order valence-corrected chi connectivity index (χ0v) is 10.4. The molecule has 0 radical (unpaired) electrons. The summed E-state index contributed by atoms with van der Waals surface area (Å²) in [4.78, 5) is 11.1. The first-order chi connectivity index (χ1) is 9.29. The number of nitrogens with zero attached hydrogens (tertiary/aromatic N) is 1. The zero-order chi connectivity index (χ0) is 13.0. The average Bonchev–Trinajstić information content (AvgIpc) is 2.96. The molecule has 0 saturated heterocycles. The van der Waals surface area contributed by atoms with Crippen molar-refractivity contribution in [2.24, 2.45) is 7.05 Å². The topological polar surface area (TPSA) is 35.1 Å². The van der Waals surface area contributed by atoms with Crippen molar-refractivity contribution in [2.45, 2.75) is 0 Å². The largest absolute Gasteiger partial charge is 0.456 e. The molecule has 4 aromatic rings. The average molecular weight is 249 g/mol. The first kappa shape index (κ1) is 10.4. The molecule has 3 nitrogen and oxygen atoms in total. The quantitative estimate of drug-likeness (QED) is 0.480. The van der Waals surface area contributed by atoms with Gasteiger partial charge in [-0.1, -0.05) is 18.2 Å². The lowest BCUT2D eigenvalue weighted by Gasteiger charge is -1.98. The summed E-state index contributed by atoms with van der Waals surface area (Å²) in [5.74, 6) is 0. The number of hydrogen-bond acceptors (Lipinski definition) is 2. The van der Waals surface area contributed by atoms with Gasteiger partial charge in [0.15, 0.2) is 6.29 Å². The van der Waals surface area contributed by atoms with Crippen molar-refractivity contribution in [1.82, 2.24) is 4.57 Å². The molecule has 19 heavy (non-hydrogen) atoms. The Morgan fingerprint density at radius 3 is 2.74 bits per heavy atom. The summed E-state index contributed by atoms with van der Waals surface area (Å²) >= 11 is 0. The Kier molecular flexibility index (Phi) is 1.90. The maximum atomic E-state index is 11.1. The van der Waals surface area contributed by atoms with Crippen LogP contribution in [0, 0.1) is 0 Å². The van der Waals surface area contributed by atoms with Crippen LogP contribution >= 0.6 is 0 Å². The molecule has 92 valence electrons. The highest BCUT2D eigenvalue weighted by Crippen LogP contribution is 2.35. The highest BCUT2D eigenvalue weighted by molar-refractivity contribution is 6.19. The van der Waals surface area contributed by atoms with Crippen LogP contribution in [-0.4, -0.2) is 10.9 Å². The molecule has 2 aromatic carbocycles. The van der Waals surface area contributed by atoms with Crippen molar-refractivity contribution < 1.29 is 9.21 Å². The minimum Gasteiger partial charge on any atom is -0.456 e. The Hall–Kier alpha value is -2.55. The zero-order valence-electron chi connectivity index (χ0n) is 10.4. The molecule has 0 aliphatic rings. The summed E-state index contributed by atoms with van der Waals surface area (Å²) in [5, 5.41) is 3.13. The number of fused-ring (bicyclic) bond motifs is 5. The van der Waals surface area contributed by atoms with Gasteiger partial charge in [-0.15, -0.1) is 0 Å². The van der Waals surface area contributed by atoms with E-state index in [9.17, 15) is 4.79 Å². The van der Waals surface area contributed by atoms with Crippen molar-refractivity contribution in [1.29, 1.82) is 0 Å². The minimum absolute atomic E-state index is 0.713. The molecular weight excluding hydrogens is 238 g/mol. The molecule has 0 fully saturated rings. The standard InChI is InChI=1S/C16H11NO2/c1-17-8-10(9-18)11-6-7-14-15(16(11)17)12-4-2-3-5-13(12)19-14/h2-9H,1H3. The second-order valence-corrected chi connectivity index (χ2v) is 4.75. The van der Waals surface area contributed by atoms with Crippen LogP contribution in [0.25, 0.3) is 32.8 Å². The third-order valence-electron chi connectivity index (χ3n) is 3.64. The lowest BCUT2D eigenvalue weighted by atomic mass is 10.1. The van der Waals surface area contributed by atoms with E-state index in [1.807, 2.05) is 54.2 Å². The van der Waals surface area contributed by atoms with E-state index in [2.05, 4.69) is 0 Å². The first-order valence-corrected chi connectivity index (χ1v) is 6.14. The molecule has 3 heteroatoms. The molecule has 0 aliphatic heterocycles. The van der Waals surface area contributed by atoms with Crippen LogP contribution in [0.3, 0.4) is 0 Å². The SMILES string of the molecule is Cn1cc(C=O)c2ccc3oc4ccccc4c3c21. The van der Waals surface area contributed by atoms with Gasteiger partial charge in [0.2, 0.25) is 0 Å². The van der Waals surface area contributed by atoms with Crippen molar-refractivity contribution in [3.8, 4) is 0 Å². The molecular formula is C16H11NO2. The van der Waals surface area contributed by atoms with Crippen molar-refractivity contribution in [3.63, 3.8) is 0 Å². The number of carbonyl (C=O) groups excluding carboxylic acids is 1. The predicted molar refractivity (Wildman–Crippen MR) is 75.6 cm³/mol. The van der Waals surface area contributed by atoms with Crippen LogP contribution in [0.2, 0.25) is 0 Å². The van der Waals surface area contributed by atoms with E-state index in [0.29, 0.717) is 5.56 Å². The van der Waals surface area contributed by atoms with Crippen LogP contribution in [0.4, 0.5) is 0 Å². The van der Waals surface area contributed by atoms with Gasteiger partial charge < -0.3 is 8.98 Å². The molecule has 0 aliphatic carbocycles. The second-order valence-electron chi connectivity index (χ2n) is 4.75. The van der Waals surface area contributed by atoms with E-state index < -0.39 is 0 Å². The van der Waals surface area contributed by atoms with Gasteiger partial charge >= 0.3 is 0 Å². The third kappa shape index (κ3) is 1.24. The van der Waals surface area contributed by atoms with Gasteiger partial charge in [0.25, 0.3) is 0 Å². The first-order valence-electron chi connectivity index (χ1n) is 6.14. The van der Waals surface area contributed by atoms with Crippen LogP contribution < -0.4 is 0 Å². The minimum atomic E-state index is 0.713. The number of benzene rings is 2. The Morgan fingerprint density at radius 1 is 1.05 bits per heavy atom. The van der Waals surface area contributed by atoms with Gasteiger partial charge in [-0.2, -0.15) is 0 Å². The lowest BCUT2D eigenvalue weighted by Crippen LogP contribution is -1.84. The molecule has 0 spiro atoms. The molecule has 2 aromatic heterocycles. The van der Waals surface area contributed by atoms with E-state index in [0.717, 1.165) is 39.1 Å². The maximum absolute atomic E-state index is 11.1. The van der Waals surface area contributed by atoms with Gasteiger partial charge in [-0.3, -0.25) is 4.79 Å². The second kappa shape index (κ2) is 3.48. The molecule has 0 atom stereocenters. The fraction of sp³-hybridized carbons (Fsp3) is 0.0625. The van der Waals surface area contributed by atoms with Gasteiger partial charge in [-0.05, 0) is 18.2 Å². The number of aryl methyl sites for hydroxylation is 1. The van der Waals surface area contributed by atoms with Gasteiger partial charge in [0, 0.05) is 29.6 Å². The number of furan rings is 1. The highest BCUT2D eigenvalue weighted by Gasteiger charge is 2.14. The summed E-state index contributed by atoms with van der Waals surface area (Å²) in [5.41, 5.74) is 3.49. The van der Waals surface area contributed by atoms with Crippen LogP contribution in [0.5, 0.6) is 0 Å². The molecule has 0 amide bonds. The Labute approximate surface area is 109 Å². The normalized spacial score (nSPS) is 11.6. The smallest absolute Gasteiger partial charge is 0.152 e. The van der Waals surface area contributed by atoms with Crippen molar-refractivity contribution in [3.05, 3.63) is 48.2 Å². The molecule has 0 unspecified atom stereocenters. The summed E-state index contributed by atoms with van der Waals surface area (Å²) in [6.07, 6.45) is 2.76. The highest BCUT2D eigenvalue weighted by atomic mass is 16.3. The summed E-state index contributed by atoms with van der Waals surface area (Å²) in [7, 11) is 1.95. The van der Waals surface area contributed by atoms with E-state index in [-0.39, 0.29) is 0 Å². The monoisotopic (exact) mass is 249 g/mol. The molecule has 2 heterocycles. The summed E-state index contributed by atoms with van der Waals surface area (Å²) in [6.45, 7) is 0. The third-order valence-corrected chi connectivity index (χ3v) is 3.64. The fourth-order valence-electron chi connectivity index (χ4n) is 2.83. The van der Waals surface area contributed by atoms with E-state index in [1.165, 1.54) is 0 Å². The van der Waals surface area contributed by atoms with Gasteiger partial charge in [0.05, 0.1) is 10.9 Å². The summed E-state index contributed by atoms with van der Waals surface area (Å²) < 4.78 is 7.85. The Morgan fingerprint density at radius 2 is 1.89 bits per heavy atom. The van der Waals surface area contributed by atoms with Crippen molar-refractivity contribution >= 4 is 39.1 Å². The predicted octanol–water partition coefficient (Wildman–Crippen LogP) is 3.89. The summed E-state index contributed by atoms with van der Waals surface area (Å²) in [6, 6.07) is 11.9. The van der Waals surface area contributed by atoms with E-state index >= 15 is 0 Å². The van der Waals surface area contributed by atoms with Crippen LogP contribution in [0.15, 0.2) is 47.0 Å². The lowest BCUT2D eigenvalue weighted by molar-refractivity contribution is 0.112. The number of hydrogen-bond donors (Lipinski definition) is 0. The van der Waals surface area contributed by atoms with Crippen LogP contribution in [0.1, 0.15) is 10.4 Å². The number of aldehydes is 1. The van der Waals surface area contributed by atoms with Crippen LogP contribution in [-0.2, 0) is 7.05 Å².